The molecular formula is C8H17O3. The van der Waals surface area contributed by atoms with Crippen molar-refractivity contribution in [3.05, 3.63) is 0 Å². The SMILES string of the molecule is [O]CCCCOCCCCO. The minimum absolute atomic E-state index is 0. The molecule has 0 heterocycles. The van der Waals surface area contributed by atoms with E-state index in [-0.39, 0.29) is 13.2 Å². The Balaban J connectivity index is 2.69. The number of hydrogen-bond acceptors (Lipinski definition) is 2. The summed E-state index contributed by atoms with van der Waals surface area (Å²) in [7, 11) is 0. The van der Waals surface area contributed by atoms with Crippen LogP contribution in [0.1, 0.15) is 25.7 Å². The molecule has 0 saturated carbocycles. The summed E-state index contributed by atoms with van der Waals surface area (Å²) in [6, 6.07) is 0. The summed E-state index contributed by atoms with van der Waals surface area (Å²) >= 11 is 0. The maximum Gasteiger partial charge on any atom is 0.0823 e. The molecule has 0 atom stereocenters. The first-order chi connectivity index (χ1) is 5.41. The van der Waals surface area contributed by atoms with Crippen molar-refractivity contribution in [3.8, 4) is 0 Å². The van der Waals surface area contributed by atoms with Gasteiger partial charge >= 0.3 is 0 Å². The number of hydrogen-bond donors (Lipinski definition) is 1. The maximum atomic E-state index is 9.98. The molecule has 0 bridgehead atoms. The van der Waals surface area contributed by atoms with E-state index < -0.39 is 0 Å². The first-order valence-electron chi connectivity index (χ1n) is 4.18. The number of ether oxygens (including phenoxy) is 1. The van der Waals surface area contributed by atoms with Crippen LogP contribution in [0.5, 0.6) is 0 Å². The Morgan fingerprint density at radius 2 is 1.64 bits per heavy atom. The lowest BCUT2D eigenvalue weighted by molar-refractivity contribution is 0.110. The van der Waals surface area contributed by atoms with Crippen LogP contribution in [0.3, 0.4) is 0 Å². The van der Waals surface area contributed by atoms with Crippen molar-refractivity contribution >= 4 is 0 Å². The Morgan fingerprint density at radius 3 is 2.18 bits per heavy atom. The molecule has 0 saturated heterocycles. The van der Waals surface area contributed by atoms with Gasteiger partial charge in [0.05, 0.1) is 6.61 Å². The minimum Gasteiger partial charge on any atom is -0.396 e. The van der Waals surface area contributed by atoms with Gasteiger partial charge in [0.25, 0.3) is 0 Å². The molecule has 0 aromatic heterocycles. The van der Waals surface area contributed by atoms with Gasteiger partial charge in [0.1, 0.15) is 0 Å². The highest BCUT2D eigenvalue weighted by atomic mass is 16.5. The fourth-order valence-corrected chi connectivity index (χ4v) is 0.724. The molecule has 1 radical (unpaired) electrons. The van der Waals surface area contributed by atoms with Crippen molar-refractivity contribution in [2.75, 3.05) is 26.4 Å². The van der Waals surface area contributed by atoms with Crippen molar-refractivity contribution in [1.82, 2.24) is 0 Å². The van der Waals surface area contributed by atoms with E-state index in [1.807, 2.05) is 0 Å². The van der Waals surface area contributed by atoms with E-state index in [1.165, 1.54) is 0 Å². The molecule has 11 heavy (non-hydrogen) atoms. The summed E-state index contributed by atoms with van der Waals surface area (Å²) in [6.45, 7) is 1.64. The summed E-state index contributed by atoms with van der Waals surface area (Å²) in [5, 5.41) is 18.4. The predicted molar refractivity (Wildman–Crippen MR) is 41.9 cm³/mol. The third-order valence-electron chi connectivity index (χ3n) is 1.38. The van der Waals surface area contributed by atoms with Gasteiger partial charge in [-0.25, -0.2) is 5.11 Å². The third kappa shape index (κ3) is 9.88. The Kier molecular flexibility index (Phi) is 9.77. The molecule has 0 aliphatic carbocycles. The number of aliphatic hydroxyl groups is 1. The summed E-state index contributed by atoms with van der Waals surface area (Å²) < 4.78 is 5.19. The fourth-order valence-electron chi connectivity index (χ4n) is 0.724. The molecule has 0 amide bonds. The standard InChI is InChI=1S/C8H17O3/c9-5-1-3-7-11-8-4-2-6-10/h9H,1-8H2. The largest absolute Gasteiger partial charge is 0.396 e. The van der Waals surface area contributed by atoms with E-state index in [1.54, 1.807) is 0 Å². The van der Waals surface area contributed by atoms with E-state index in [4.69, 9.17) is 9.84 Å². The smallest absolute Gasteiger partial charge is 0.0823 e. The van der Waals surface area contributed by atoms with E-state index in [2.05, 4.69) is 0 Å². The van der Waals surface area contributed by atoms with Crippen LogP contribution in [-0.2, 0) is 9.84 Å². The zero-order valence-electron chi connectivity index (χ0n) is 6.92. The molecular weight excluding hydrogens is 144 g/mol. The van der Waals surface area contributed by atoms with Crippen LogP contribution in [0.15, 0.2) is 0 Å². The van der Waals surface area contributed by atoms with Gasteiger partial charge in [-0.1, -0.05) is 0 Å². The van der Waals surface area contributed by atoms with Crippen LogP contribution in [0.4, 0.5) is 0 Å². The summed E-state index contributed by atoms with van der Waals surface area (Å²) in [5.74, 6) is 0. The first-order valence-corrected chi connectivity index (χ1v) is 4.18. The maximum absolute atomic E-state index is 9.98. The number of aliphatic hydroxyl groups excluding tert-OH is 1. The molecule has 67 valence electrons. The highest BCUT2D eigenvalue weighted by Crippen LogP contribution is 1.92. The van der Waals surface area contributed by atoms with Crippen LogP contribution in [0.25, 0.3) is 0 Å². The summed E-state index contributed by atoms with van der Waals surface area (Å²) in [5.41, 5.74) is 0. The van der Waals surface area contributed by atoms with Gasteiger partial charge in [-0.15, -0.1) is 0 Å². The van der Waals surface area contributed by atoms with Crippen LogP contribution >= 0.6 is 0 Å². The average Bonchev–Trinajstić information content (AvgIpc) is 2.03. The molecule has 0 aliphatic heterocycles. The Morgan fingerprint density at radius 1 is 1.00 bits per heavy atom. The lowest BCUT2D eigenvalue weighted by Crippen LogP contribution is -1.98. The second-order valence-electron chi connectivity index (χ2n) is 2.45. The molecule has 0 spiro atoms. The van der Waals surface area contributed by atoms with Crippen molar-refractivity contribution in [3.63, 3.8) is 0 Å². The lowest BCUT2D eigenvalue weighted by atomic mass is 10.3. The molecule has 0 aromatic rings. The predicted octanol–water partition coefficient (Wildman–Crippen LogP) is 0.986. The molecule has 3 nitrogen and oxygen atoms in total. The van der Waals surface area contributed by atoms with Crippen LogP contribution in [0, 0.1) is 0 Å². The monoisotopic (exact) mass is 161 g/mol. The van der Waals surface area contributed by atoms with Gasteiger partial charge < -0.3 is 9.84 Å². The fraction of sp³-hybridized carbons (Fsp3) is 1.00. The molecule has 0 aliphatic rings. The number of unbranched alkanes of at least 4 members (excludes halogenated alkanes) is 2. The van der Waals surface area contributed by atoms with E-state index in [0.717, 1.165) is 19.3 Å². The first kappa shape index (κ1) is 10.9. The zero-order valence-corrected chi connectivity index (χ0v) is 6.92. The number of rotatable bonds is 8. The van der Waals surface area contributed by atoms with Crippen LogP contribution in [0.2, 0.25) is 0 Å². The van der Waals surface area contributed by atoms with Gasteiger partial charge in [-0.2, -0.15) is 0 Å². The van der Waals surface area contributed by atoms with Crippen LogP contribution < -0.4 is 0 Å². The van der Waals surface area contributed by atoms with Crippen molar-refractivity contribution in [2.24, 2.45) is 0 Å². The van der Waals surface area contributed by atoms with Crippen LogP contribution in [-0.4, -0.2) is 31.5 Å². The molecule has 3 heteroatoms. The summed E-state index contributed by atoms with van der Waals surface area (Å²) in [4.78, 5) is 0. The summed E-state index contributed by atoms with van der Waals surface area (Å²) in [6.07, 6.45) is 3.29. The molecule has 0 fully saturated rings. The highest BCUT2D eigenvalue weighted by molar-refractivity contribution is 4.38. The van der Waals surface area contributed by atoms with E-state index in [9.17, 15) is 5.11 Å². The minimum atomic E-state index is 0. The highest BCUT2D eigenvalue weighted by Gasteiger charge is 1.89. The Bertz CT molecular complexity index is 58.4. The Labute approximate surface area is 68.0 Å². The van der Waals surface area contributed by atoms with Gasteiger partial charge in [-0.05, 0) is 25.7 Å². The molecule has 0 rings (SSSR count). The van der Waals surface area contributed by atoms with E-state index in [0.29, 0.717) is 19.6 Å². The second-order valence-corrected chi connectivity index (χ2v) is 2.45. The van der Waals surface area contributed by atoms with Gasteiger partial charge in [0.15, 0.2) is 0 Å². The van der Waals surface area contributed by atoms with Crippen molar-refractivity contribution in [2.45, 2.75) is 25.7 Å². The topological polar surface area (TPSA) is 49.4 Å². The van der Waals surface area contributed by atoms with Gasteiger partial charge in [0, 0.05) is 19.8 Å². The average molecular weight is 161 g/mol. The molecule has 1 N–H and O–H groups in total. The van der Waals surface area contributed by atoms with Gasteiger partial charge in [-0.3, -0.25) is 0 Å². The van der Waals surface area contributed by atoms with Gasteiger partial charge in [0.2, 0.25) is 0 Å². The third-order valence-corrected chi connectivity index (χ3v) is 1.38. The lowest BCUT2D eigenvalue weighted by Gasteiger charge is -2.01. The zero-order chi connectivity index (χ0) is 8.36. The van der Waals surface area contributed by atoms with Crippen molar-refractivity contribution < 1.29 is 14.9 Å². The molecule has 0 aromatic carbocycles. The normalized spacial score (nSPS) is 10.4. The van der Waals surface area contributed by atoms with E-state index >= 15 is 0 Å². The van der Waals surface area contributed by atoms with Crippen molar-refractivity contribution in [1.29, 1.82) is 0 Å². The molecule has 0 unspecified atom stereocenters. The Hall–Kier alpha value is -0.120. The quantitative estimate of drug-likeness (QED) is 0.539. The second kappa shape index (κ2) is 9.88.